The molecule has 0 spiro atoms. The van der Waals surface area contributed by atoms with E-state index < -0.39 is 0 Å². The van der Waals surface area contributed by atoms with E-state index in [9.17, 15) is 0 Å². The molecule has 2 aliphatic rings. The molecule has 1 aromatic heterocycles. The van der Waals surface area contributed by atoms with Gasteiger partial charge in [-0.05, 0) is 120 Å². The highest BCUT2D eigenvalue weighted by Gasteiger charge is 2.44. The zero-order valence-electron chi connectivity index (χ0n) is 34.7. The van der Waals surface area contributed by atoms with Gasteiger partial charge in [-0.2, -0.15) is 0 Å². The van der Waals surface area contributed by atoms with E-state index in [1.54, 1.807) is 0 Å². The first kappa shape index (κ1) is 36.0. The van der Waals surface area contributed by atoms with E-state index in [0.29, 0.717) is 0 Å². The molecule has 0 saturated heterocycles. The standard InChI is InChI=1S/C54H50BNS/c1-52(2,3)36-21-24-46(41(30-36)33-15-11-10-12-16-33)56-47-25-22-38(54(7,8)9)32-45(47)55-44-31-37(53(4,5)6)20-23-39(44)43-28-35(29-48(56)51(43)55)34-19-26-50-42(27-34)40-17-13-14-18-49(40)57-50/h10-32H,1-9H3. The quantitative estimate of drug-likeness (QED) is 0.162. The van der Waals surface area contributed by atoms with Crippen LogP contribution in [0, 0.1) is 0 Å². The molecule has 57 heavy (non-hydrogen) atoms. The second kappa shape index (κ2) is 12.6. The van der Waals surface area contributed by atoms with Gasteiger partial charge in [0, 0.05) is 37.1 Å². The van der Waals surface area contributed by atoms with Crippen LogP contribution >= 0.6 is 11.3 Å². The molecule has 3 heterocycles. The van der Waals surface area contributed by atoms with Gasteiger partial charge in [-0.15, -0.1) is 11.3 Å². The minimum absolute atomic E-state index is 0.00656. The van der Waals surface area contributed by atoms with Crippen LogP contribution in [0.3, 0.4) is 0 Å². The van der Waals surface area contributed by atoms with E-state index in [2.05, 4.69) is 207 Å². The highest BCUT2D eigenvalue weighted by molar-refractivity contribution is 7.25. The third-order valence-corrected chi connectivity index (χ3v) is 13.7. The lowest BCUT2D eigenvalue weighted by molar-refractivity contribution is 0.590. The Morgan fingerprint density at radius 2 is 1.02 bits per heavy atom. The third-order valence-electron chi connectivity index (χ3n) is 12.6. The molecule has 2 aliphatic heterocycles. The number of rotatable bonds is 3. The van der Waals surface area contributed by atoms with Gasteiger partial charge in [0.25, 0.3) is 0 Å². The molecule has 0 unspecified atom stereocenters. The van der Waals surface area contributed by atoms with Gasteiger partial charge >= 0.3 is 0 Å². The molecule has 0 aliphatic carbocycles. The predicted octanol–water partition coefficient (Wildman–Crippen LogP) is 13.6. The van der Waals surface area contributed by atoms with Crippen molar-refractivity contribution in [1.29, 1.82) is 0 Å². The number of hydrogen-bond donors (Lipinski definition) is 0. The smallest absolute Gasteiger partial charge is 0.248 e. The maximum absolute atomic E-state index is 2.62. The predicted molar refractivity (Wildman–Crippen MR) is 251 cm³/mol. The van der Waals surface area contributed by atoms with Crippen molar-refractivity contribution in [2.75, 3.05) is 4.90 Å². The summed E-state index contributed by atoms with van der Waals surface area (Å²) in [4.78, 5) is 2.62. The normalized spacial score (nSPS) is 13.6. The van der Waals surface area contributed by atoms with Crippen molar-refractivity contribution in [3.05, 3.63) is 156 Å². The first-order valence-corrected chi connectivity index (χ1v) is 21.4. The summed E-state index contributed by atoms with van der Waals surface area (Å²) in [5, 5.41) is 2.66. The molecule has 0 bridgehead atoms. The zero-order chi connectivity index (χ0) is 39.6. The van der Waals surface area contributed by atoms with E-state index in [4.69, 9.17) is 0 Å². The number of fused-ring (bicyclic) bond motifs is 8. The summed E-state index contributed by atoms with van der Waals surface area (Å²) in [6.07, 6.45) is 0. The van der Waals surface area contributed by atoms with Gasteiger partial charge in [0.15, 0.2) is 0 Å². The molecule has 0 fully saturated rings. The Labute approximate surface area is 343 Å². The highest BCUT2D eigenvalue weighted by Crippen LogP contribution is 2.48. The summed E-state index contributed by atoms with van der Waals surface area (Å²) in [6.45, 7) is 21.1. The van der Waals surface area contributed by atoms with Gasteiger partial charge in [-0.1, -0.05) is 159 Å². The summed E-state index contributed by atoms with van der Waals surface area (Å²) in [7, 11) is 0. The number of nitrogens with zero attached hydrogens (tertiary/aromatic N) is 1. The molecule has 8 aromatic rings. The fraction of sp³-hybridized carbons (Fsp3) is 0.222. The summed E-state index contributed by atoms with van der Waals surface area (Å²) >= 11 is 1.88. The Hall–Kier alpha value is -5.38. The van der Waals surface area contributed by atoms with Gasteiger partial charge in [-0.3, -0.25) is 0 Å². The first-order valence-electron chi connectivity index (χ1n) is 20.5. The van der Waals surface area contributed by atoms with Crippen LogP contribution in [0.15, 0.2) is 140 Å². The first-order chi connectivity index (χ1) is 27.1. The second-order valence-corrected chi connectivity index (χ2v) is 20.5. The van der Waals surface area contributed by atoms with Crippen molar-refractivity contribution in [2.45, 2.75) is 78.6 Å². The van der Waals surface area contributed by atoms with Crippen LogP contribution in [0.1, 0.15) is 79.0 Å². The van der Waals surface area contributed by atoms with Crippen molar-refractivity contribution in [3.63, 3.8) is 0 Å². The van der Waals surface area contributed by atoms with Crippen LogP contribution in [-0.4, -0.2) is 6.71 Å². The monoisotopic (exact) mass is 755 g/mol. The van der Waals surface area contributed by atoms with E-state index in [1.807, 2.05) is 11.3 Å². The SMILES string of the molecule is CC(C)(C)c1ccc2c(c1)B1c3cc(C(C)(C)C)ccc3N(c3ccc(C(C)(C)C)cc3-c3ccccc3)c3cc(-c4ccc5sc6ccccc6c5c4)cc-2c31. The van der Waals surface area contributed by atoms with Crippen molar-refractivity contribution in [1.82, 2.24) is 0 Å². The fourth-order valence-electron chi connectivity index (χ4n) is 9.31. The van der Waals surface area contributed by atoms with Crippen LogP contribution in [0.25, 0.3) is 53.6 Å². The van der Waals surface area contributed by atoms with Crippen molar-refractivity contribution in [2.24, 2.45) is 0 Å². The molecule has 3 heteroatoms. The minimum atomic E-state index is 0.00656. The van der Waals surface area contributed by atoms with Crippen LogP contribution < -0.4 is 21.3 Å². The summed E-state index contributed by atoms with van der Waals surface area (Å²) in [5.41, 5.74) is 19.8. The number of benzene rings is 7. The molecule has 10 rings (SSSR count). The van der Waals surface area contributed by atoms with E-state index >= 15 is 0 Å². The fourth-order valence-corrected chi connectivity index (χ4v) is 10.4. The number of anilines is 3. The maximum Gasteiger partial charge on any atom is 0.248 e. The average Bonchev–Trinajstić information content (AvgIpc) is 3.73. The number of thiophene rings is 1. The molecular weight excluding hydrogens is 705 g/mol. The topological polar surface area (TPSA) is 3.24 Å². The Morgan fingerprint density at radius 1 is 0.404 bits per heavy atom. The molecule has 0 amide bonds. The van der Waals surface area contributed by atoms with Crippen molar-refractivity contribution >= 4 is 71.7 Å². The van der Waals surface area contributed by atoms with Gasteiger partial charge in [0.2, 0.25) is 6.71 Å². The molecular formula is C54H50BNS. The van der Waals surface area contributed by atoms with Crippen LogP contribution in [0.2, 0.25) is 0 Å². The molecule has 1 nitrogen and oxygen atoms in total. The molecule has 0 N–H and O–H groups in total. The Morgan fingerprint density at radius 3 is 1.74 bits per heavy atom. The van der Waals surface area contributed by atoms with Crippen molar-refractivity contribution in [3.8, 4) is 33.4 Å². The molecule has 0 saturated carbocycles. The molecule has 0 radical (unpaired) electrons. The molecule has 0 atom stereocenters. The molecule has 7 aromatic carbocycles. The van der Waals surface area contributed by atoms with Gasteiger partial charge < -0.3 is 4.90 Å². The summed E-state index contributed by atoms with van der Waals surface area (Å²) in [5.74, 6) is 0. The maximum atomic E-state index is 2.62. The Balaban J connectivity index is 1.31. The average molecular weight is 756 g/mol. The lowest BCUT2D eigenvalue weighted by Crippen LogP contribution is -2.55. The van der Waals surface area contributed by atoms with Gasteiger partial charge in [0.1, 0.15) is 0 Å². The largest absolute Gasteiger partial charge is 0.311 e. The third kappa shape index (κ3) is 5.80. The zero-order valence-corrected chi connectivity index (χ0v) is 35.5. The number of hydrogen-bond acceptors (Lipinski definition) is 2. The molecule has 280 valence electrons. The summed E-state index contributed by atoms with van der Waals surface area (Å²) < 4.78 is 2.67. The van der Waals surface area contributed by atoms with E-state index in [1.165, 1.54) is 104 Å². The van der Waals surface area contributed by atoms with Crippen LogP contribution in [0.5, 0.6) is 0 Å². The Kier molecular flexibility index (Phi) is 7.93. The van der Waals surface area contributed by atoms with E-state index in [-0.39, 0.29) is 23.0 Å². The minimum Gasteiger partial charge on any atom is -0.311 e. The Bertz CT molecular complexity index is 2910. The van der Waals surface area contributed by atoms with E-state index in [0.717, 1.165) is 0 Å². The summed E-state index contributed by atoms with van der Waals surface area (Å²) in [6, 6.07) is 53.8. The van der Waals surface area contributed by atoms with Crippen LogP contribution in [-0.2, 0) is 16.2 Å². The lowest BCUT2D eigenvalue weighted by Gasteiger charge is -2.38. The van der Waals surface area contributed by atoms with Crippen molar-refractivity contribution < 1.29 is 0 Å². The highest BCUT2D eigenvalue weighted by atomic mass is 32.1. The van der Waals surface area contributed by atoms with Crippen LogP contribution in [0.4, 0.5) is 17.1 Å². The van der Waals surface area contributed by atoms with Gasteiger partial charge in [-0.25, -0.2) is 0 Å². The van der Waals surface area contributed by atoms with Gasteiger partial charge in [0.05, 0.1) is 5.69 Å². The second-order valence-electron chi connectivity index (χ2n) is 19.5. The lowest BCUT2D eigenvalue weighted by atomic mass is 9.36.